The summed E-state index contributed by atoms with van der Waals surface area (Å²) in [5, 5.41) is 4.78. The van der Waals surface area contributed by atoms with E-state index in [0.717, 1.165) is 25.0 Å². The maximum absolute atomic E-state index is 5.71. The number of hydrogen-bond donors (Lipinski definition) is 0. The van der Waals surface area contributed by atoms with Gasteiger partial charge in [-0.3, -0.25) is 0 Å². The minimum absolute atomic E-state index is 0.294. The zero-order chi connectivity index (χ0) is 12.4. The highest BCUT2D eigenvalue weighted by molar-refractivity contribution is 9.09. The van der Waals surface area contributed by atoms with Gasteiger partial charge in [-0.2, -0.15) is 0 Å². The molecule has 0 saturated carbocycles. The first kappa shape index (κ1) is 12.6. The number of fused-ring (bicyclic) bond motifs is 1. The predicted octanol–water partition coefficient (Wildman–Crippen LogP) is 4.64. The van der Waals surface area contributed by atoms with Gasteiger partial charge in [-0.15, -0.1) is 11.3 Å². The first-order chi connectivity index (χ1) is 8.83. The van der Waals surface area contributed by atoms with Crippen molar-refractivity contribution in [3.8, 4) is 0 Å². The fraction of sp³-hybridized carbons (Fsp3) is 0.467. The highest BCUT2D eigenvalue weighted by Crippen LogP contribution is 2.37. The highest BCUT2D eigenvalue weighted by atomic mass is 79.9. The Kier molecular flexibility index (Phi) is 3.73. The van der Waals surface area contributed by atoms with E-state index in [1.54, 1.807) is 0 Å². The van der Waals surface area contributed by atoms with Gasteiger partial charge >= 0.3 is 0 Å². The van der Waals surface area contributed by atoms with Crippen LogP contribution in [0.15, 0.2) is 29.6 Å². The average Bonchev–Trinajstić information content (AvgIpc) is 2.83. The van der Waals surface area contributed by atoms with Crippen molar-refractivity contribution in [1.29, 1.82) is 0 Å². The fourth-order valence-electron chi connectivity index (χ4n) is 2.78. The monoisotopic (exact) mass is 324 g/mol. The second kappa shape index (κ2) is 5.32. The third kappa shape index (κ3) is 2.36. The van der Waals surface area contributed by atoms with E-state index in [4.69, 9.17) is 4.74 Å². The van der Waals surface area contributed by atoms with Gasteiger partial charge < -0.3 is 4.74 Å². The molecule has 0 aliphatic carbocycles. The summed E-state index contributed by atoms with van der Waals surface area (Å²) in [5.74, 6) is 0. The van der Waals surface area contributed by atoms with Crippen molar-refractivity contribution < 1.29 is 4.74 Å². The number of halogens is 1. The van der Waals surface area contributed by atoms with Crippen molar-refractivity contribution in [2.24, 2.45) is 5.41 Å². The van der Waals surface area contributed by atoms with Crippen LogP contribution in [-0.4, -0.2) is 18.5 Å². The van der Waals surface area contributed by atoms with Crippen LogP contribution in [0.3, 0.4) is 0 Å². The molecule has 1 aliphatic heterocycles. The summed E-state index contributed by atoms with van der Waals surface area (Å²) in [7, 11) is 0. The number of thiophene rings is 1. The molecule has 1 saturated heterocycles. The summed E-state index contributed by atoms with van der Waals surface area (Å²) >= 11 is 5.56. The molecule has 96 valence electrons. The molecule has 3 heteroatoms. The highest BCUT2D eigenvalue weighted by Gasteiger charge is 2.32. The maximum atomic E-state index is 5.71. The van der Waals surface area contributed by atoms with Crippen LogP contribution in [0, 0.1) is 5.41 Å². The lowest BCUT2D eigenvalue weighted by Gasteiger charge is -2.35. The Labute approximate surface area is 120 Å². The Hall–Kier alpha value is -0.380. The van der Waals surface area contributed by atoms with Gasteiger partial charge in [0.2, 0.25) is 0 Å². The zero-order valence-corrected chi connectivity index (χ0v) is 12.7. The Morgan fingerprint density at radius 3 is 3.00 bits per heavy atom. The van der Waals surface area contributed by atoms with Gasteiger partial charge in [-0.1, -0.05) is 34.1 Å². The van der Waals surface area contributed by atoms with Crippen molar-refractivity contribution in [2.75, 3.05) is 18.5 Å². The van der Waals surface area contributed by atoms with E-state index in [0.29, 0.717) is 5.41 Å². The molecule has 2 heterocycles. The first-order valence-corrected chi connectivity index (χ1v) is 8.42. The number of benzene rings is 1. The van der Waals surface area contributed by atoms with Crippen LogP contribution in [0.25, 0.3) is 10.1 Å². The Morgan fingerprint density at radius 2 is 2.22 bits per heavy atom. The van der Waals surface area contributed by atoms with Gasteiger partial charge in [-0.25, -0.2) is 0 Å². The molecule has 0 radical (unpaired) electrons. The van der Waals surface area contributed by atoms with Crippen LogP contribution in [0.2, 0.25) is 0 Å². The summed E-state index contributed by atoms with van der Waals surface area (Å²) in [6, 6.07) is 8.71. The zero-order valence-electron chi connectivity index (χ0n) is 10.3. The molecule has 0 bridgehead atoms. The van der Waals surface area contributed by atoms with E-state index in [1.165, 1.54) is 28.5 Å². The normalized spacial score (nSPS) is 24.5. The smallest absolute Gasteiger partial charge is 0.0533 e. The lowest BCUT2D eigenvalue weighted by molar-refractivity contribution is 0.00635. The summed E-state index contributed by atoms with van der Waals surface area (Å²) in [6.45, 7) is 1.82. The molecule has 1 nitrogen and oxygen atoms in total. The molecular weight excluding hydrogens is 308 g/mol. The van der Waals surface area contributed by atoms with Crippen LogP contribution in [-0.2, 0) is 11.2 Å². The van der Waals surface area contributed by atoms with Crippen LogP contribution in [0.4, 0.5) is 0 Å². The SMILES string of the molecule is BrCC1(Cc2csc3ccccc23)CCCOC1. The molecule has 1 atom stereocenters. The Morgan fingerprint density at radius 1 is 1.33 bits per heavy atom. The quantitative estimate of drug-likeness (QED) is 0.747. The minimum atomic E-state index is 0.294. The number of ether oxygens (including phenoxy) is 1. The topological polar surface area (TPSA) is 9.23 Å². The third-order valence-electron chi connectivity index (χ3n) is 3.81. The molecule has 1 aliphatic rings. The number of rotatable bonds is 3. The molecule has 0 amide bonds. The summed E-state index contributed by atoms with van der Waals surface area (Å²) < 4.78 is 7.11. The summed E-state index contributed by atoms with van der Waals surface area (Å²) in [6.07, 6.45) is 3.58. The van der Waals surface area contributed by atoms with Gasteiger partial charge in [0, 0.05) is 22.1 Å². The number of alkyl halides is 1. The van der Waals surface area contributed by atoms with Crippen molar-refractivity contribution in [1.82, 2.24) is 0 Å². The second-order valence-electron chi connectivity index (χ2n) is 5.22. The van der Waals surface area contributed by atoms with Crippen molar-refractivity contribution in [2.45, 2.75) is 19.3 Å². The van der Waals surface area contributed by atoms with E-state index in [1.807, 2.05) is 11.3 Å². The molecule has 1 aromatic heterocycles. The molecular formula is C15H17BrOS. The van der Waals surface area contributed by atoms with Gasteiger partial charge in [0.25, 0.3) is 0 Å². The lowest BCUT2D eigenvalue weighted by atomic mass is 9.79. The van der Waals surface area contributed by atoms with E-state index < -0.39 is 0 Å². The minimum Gasteiger partial charge on any atom is -0.381 e. The summed E-state index contributed by atoms with van der Waals surface area (Å²) in [4.78, 5) is 0. The summed E-state index contributed by atoms with van der Waals surface area (Å²) in [5.41, 5.74) is 1.78. The Bertz CT molecular complexity index is 528. The second-order valence-corrected chi connectivity index (χ2v) is 6.70. The molecule has 0 N–H and O–H groups in total. The predicted molar refractivity (Wildman–Crippen MR) is 81.8 cm³/mol. The first-order valence-electron chi connectivity index (χ1n) is 6.42. The Balaban J connectivity index is 1.90. The van der Waals surface area contributed by atoms with Gasteiger partial charge in [0.15, 0.2) is 0 Å². The molecule has 3 rings (SSSR count). The molecule has 18 heavy (non-hydrogen) atoms. The van der Waals surface area contributed by atoms with Crippen LogP contribution >= 0.6 is 27.3 Å². The van der Waals surface area contributed by atoms with Gasteiger partial charge in [-0.05, 0) is 41.7 Å². The molecule has 1 fully saturated rings. The van der Waals surface area contributed by atoms with Crippen LogP contribution < -0.4 is 0 Å². The lowest BCUT2D eigenvalue weighted by Crippen LogP contribution is -2.35. The van der Waals surface area contributed by atoms with E-state index in [9.17, 15) is 0 Å². The van der Waals surface area contributed by atoms with Gasteiger partial charge in [0.05, 0.1) is 6.61 Å². The van der Waals surface area contributed by atoms with Crippen molar-refractivity contribution in [3.05, 3.63) is 35.2 Å². The fourth-order valence-corrected chi connectivity index (χ4v) is 4.38. The van der Waals surface area contributed by atoms with Crippen molar-refractivity contribution >= 4 is 37.4 Å². The van der Waals surface area contributed by atoms with Crippen LogP contribution in [0.5, 0.6) is 0 Å². The van der Waals surface area contributed by atoms with E-state index >= 15 is 0 Å². The standard InChI is InChI=1S/C15H17BrOS/c16-10-15(6-3-7-17-11-15)8-12-9-18-14-5-2-1-4-13(12)14/h1-2,4-5,9H,3,6-8,10-11H2. The van der Waals surface area contributed by atoms with E-state index in [2.05, 4.69) is 45.6 Å². The van der Waals surface area contributed by atoms with Gasteiger partial charge in [0.1, 0.15) is 0 Å². The molecule has 1 aromatic carbocycles. The molecule has 0 spiro atoms. The maximum Gasteiger partial charge on any atom is 0.0533 e. The molecule has 1 unspecified atom stereocenters. The average molecular weight is 325 g/mol. The number of hydrogen-bond acceptors (Lipinski definition) is 2. The van der Waals surface area contributed by atoms with Crippen LogP contribution in [0.1, 0.15) is 18.4 Å². The molecule has 2 aromatic rings. The third-order valence-corrected chi connectivity index (χ3v) is 6.02. The van der Waals surface area contributed by atoms with E-state index in [-0.39, 0.29) is 0 Å². The van der Waals surface area contributed by atoms with Crippen molar-refractivity contribution in [3.63, 3.8) is 0 Å². The largest absolute Gasteiger partial charge is 0.381 e.